The van der Waals surface area contributed by atoms with E-state index in [2.05, 4.69) is 20.2 Å². The van der Waals surface area contributed by atoms with Crippen LogP contribution in [0, 0.1) is 0 Å². The van der Waals surface area contributed by atoms with E-state index in [1.165, 1.54) is 0 Å². The first-order valence-corrected chi connectivity index (χ1v) is 8.81. The zero-order valence-electron chi connectivity index (χ0n) is 15.3. The van der Waals surface area contributed by atoms with Crippen molar-refractivity contribution in [2.24, 2.45) is 0 Å². The highest BCUT2D eigenvalue weighted by Crippen LogP contribution is 2.10. The van der Waals surface area contributed by atoms with Gasteiger partial charge in [0.2, 0.25) is 17.8 Å². The first-order chi connectivity index (χ1) is 12.0. The van der Waals surface area contributed by atoms with Crippen molar-refractivity contribution in [3.8, 4) is 0 Å². The van der Waals surface area contributed by atoms with Crippen LogP contribution in [0.25, 0.3) is 0 Å². The Bertz CT molecular complexity index is 558. The summed E-state index contributed by atoms with van der Waals surface area (Å²) in [6.45, 7) is 9.72. The van der Waals surface area contributed by atoms with E-state index >= 15 is 0 Å². The normalized spacial score (nSPS) is 14.9. The van der Waals surface area contributed by atoms with Crippen molar-refractivity contribution in [2.45, 2.75) is 26.8 Å². The molecular weight excluding hydrogens is 320 g/mol. The van der Waals surface area contributed by atoms with E-state index in [4.69, 9.17) is 0 Å². The van der Waals surface area contributed by atoms with Gasteiger partial charge in [0.1, 0.15) is 0 Å². The van der Waals surface area contributed by atoms with Crippen LogP contribution in [0.4, 0.5) is 5.95 Å². The second-order valence-electron chi connectivity index (χ2n) is 6.44. The van der Waals surface area contributed by atoms with Crippen LogP contribution < -0.4 is 10.2 Å². The summed E-state index contributed by atoms with van der Waals surface area (Å²) in [5.41, 5.74) is 0. The van der Waals surface area contributed by atoms with Gasteiger partial charge in [-0.3, -0.25) is 14.5 Å². The number of hydrogen-bond acceptors (Lipinski definition) is 6. The molecule has 138 valence electrons. The second-order valence-corrected chi connectivity index (χ2v) is 6.44. The van der Waals surface area contributed by atoms with E-state index in [1.54, 1.807) is 18.5 Å². The lowest BCUT2D eigenvalue weighted by molar-refractivity contribution is -0.133. The van der Waals surface area contributed by atoms with Gasteiger partial charge in [0, 0.05) is 44.6 Å². The molecule has 0 aliphatic carbocycles. The lowest BCUT2D eigenvalue weighted by atomic mass is 10.3. The van der Waals surface area contributed by atoms with Gasteiger partial charge in [-0.1, -0.05) is 6.92 Å². The van der Waals surface area contributed by atoms with Crippen LogP contribution in [0.1, 0.15) is 20.8 Å². The lowest BCUT2D eigenvalue weighted by Gasteiger charge is -2.35. The Labute approximate surface area is 149 Å². The van der Waals surface area contributed by atoms with Crippen LogP contribution in [0.15, 0.2) is 18.5 Å². The van der Waals surface area contributed by atoms with Gasteiger partial charge in [0.15, 0.2) is 0 Å². The SMILES string of the molecule is CCN(CC(=O)NC(C)C)CC(=O)N1CCN(c2ncccn2)CC1. The molecule has 8 heteroatoms. The van der Waals surface area contributed by atoms with Crippen molar-refractivity contribution in [1.82, 2.24) is 25.1 Å². The van der Waals surface area contributed by atoms with Gasteiger partial charge in [-0.15, -0.1) is 0 Å². The zero-order valence-corrected chi connectivity index (χ0v) is 15.3. The molecule has 0 bridgehead atoms. The molecule has 0 spiro atoms. The Morgan fingerprint density at radius 3 is 2.36 bits per heavy atom. The number of aromatic nitrogens is 2. The summed E-state index contributed by atoms with van der Waals surface area (Å²) in [7, 11) is 0. The van der Waals surface area contributed by atoms with Gasteiger partial charge in [-0.2, -0.15) is 0 Å². The summed E-state index contributed by atoms with van der Waals surface area (Å²) in [5.74, 6) is 0.721. The van der Waals surface area contributed by atoms with Crippen LogP contribution in [0.2, 0.25) is 0 Å². The minimum Gasteiger partial charge on any atom is -0.353 e. The third kappa shape index (κ3) is 5.97. The molecule has 1 aliphatic heterocycles. The zero-order chi connectivity index (χ0) is 18.2. The van der Waals surface area contributed by atoms with E-state index in [1.807, 2.05) is 30.6 Å². The molecule has 1 aliphatic rings. The molecule has 1 aromatic heterocycles. The molecule has 2 heterocycles. The largest absolute Gasteiger partial charge is 0.353 e. The number of rotatable bonds is 7. The van der Waals surface area contributed by atoms with Crippen molar-refractivity contribution < 1.29 is 9.59 Å². The molecule has 1 aromatic rings. The van der Waals surface area contributed by atoms with Crippen LogP contribution in [-0.2, 0) is 9.59 Å². The first kappa shape index (κ1) is 19.1. The van der Waals surface area contributed by atoms with Crippen molar-refractivity contribution >= 4 is 17.8 Å². The van der Waals surface area contributed by atoms with Crippen LogP contribution >= 0.6 is 0 Å². The molecule has 0 saturated carbocycles. The molecule has 1 saturated heterocycles. The quantitative estimate of drug-likeness (QED) is 0.745. The van der Waals surface area contributed by atoms with Gasteiger partial charge in [0.05, 0.1) is 13.1 Å². The van der Waals surface area contributed by atoms with Gasteiger partial charge < -0.3 is 15.1 Å². The predicted molar refractivity (Wildman–Crippen MR) is 96.2 cm³/mol. The van der Waals surface area contributed by atoms with Crippen LogP contribution in [0.3, 0.4) is 0 Å². The standard InChI is InChI=1S/C17H28N6O2/c1-4-21(12-15(24)20-14(2)3)13-16(25)22-8-10-23(11-9-22)17-18-6-5-7-19-17/h5-7,14H,4,8-13H2,1-3H3,(H,20,24). The maximum Gasteiger partial charge on any atom is 0.236 e. The van der Waals surface area contributed by atoms with E-state index < -0.39 is 0 Å². The fourth-order valence-corrected chi connectivity index (χ4v) is 2.75. The van der Waals surface area contributed by atoms with Gasteiger partial charge in [-0.05, 0) is 26.5 Å². The third-order valence-electron chi connectivity index (χ3n) is 4.09. The van der Waals surface area contributed by atoms with Gasteiger partial charge in [-0.25, -0.2) is 9.97 Å². The summed E-state index contributed by atoms with van der Waals surface area (Å²) in [4.78, 5) is 38.7. The lowest BCUT2D eigenvalue weighted by Crippen LogP contribution is -2.52. The molecule has 2 amide bonds. The van der Waals surface area contributed by atoms with Crippen LogP contribution in [-0.4, -0.2) is 83.4 Å². The highest BCUT2D eigenvalue weighted by atomic mass is 16.2. The minimum absolute atomic E-state index is 0.0457. The monoisotopic (exact) mass is 348 g/mol. The average molecular weight is 348 g/mol. The summed E-state index contributed by atoms with van der Waals surface area (Å²) < 4.78 is 0. The molecule has 8 nitrogen and oxygen atoms in total. The van der Waals surface area contributed by atoms with Crippen molar-refractivity contribution in [2.75, 3.05) is 50.7 Å². The maximum absolute atomic E-state index is 12.5. The van der Waals surface area contributed by atoms with E-state index in [0.29, 0.717) is 25.6 Å². The van der Waals surface area contributed by atoms with Crippen molar-refractivity contribution in [1.29, 1.82) is 0 Å². The fourth-order valence-electron chi connectivity index (χ4n) is 2.75. The molecule has 0 aromatic carbocycles. The molecule has 25 heavy (non-hydrogen) atoms. The van der Waals surface area contributed by atoms with E-state index in [-0.39, 0.29) is 30.9 Å². The number of nitrogens with one attached hydrogen (secondary N) is 1. The molecule has 0 atom stereocenters. The molecule has 1 N–H and O–H groups in total. The topological polar surface area (TPSA) is 81.7 Å². The van der Waals surface area contributed by atoms with Gasteiger partial charge >= 0.3 is 0 Å². The van der Waals surface area contributed by atoms with Crippen LogP contribution in [0.5, 0.6) is 0 Å². The number of likely N-dealkylation sites (N-methyl/N-ethyl adjacent to an activating group) is 1. The second kappa shape index (κ2) is 9.31. The number of piperazine rings is 1. The fraction of sp³-hybridized carbons (Fsp3) is 0.647. The number of carbonyl (C=O) groups excluding carboxylic acids is 2. The number of carbonyl (C=O) groups is 2. The summed E-state index contributed by atoms with van der Waals surface area (Å²) in [6.07, 6.45) is 3.45. The molecule has 0 radical (unpaired) electrons. The maximum atomic E-state index is 12.5. The van der Waals surface area contributed by atoms with Crippen molar-refractivity contribution in [3.63, 3.8) is 0 Å². The third-order valence-corrected chi connectivity index (χ3v) is 4.09. The Morgan fingerprint density at radius 1 is 1.16 bits per heavy atom. The molecule has 1 fully saturated rings. The minimum atomic E-state index is -0.0457. The van der Waals surface area contributed by atoms with Crippen molar-refractivity contribution in [3.05, 3.63) is 18.5 Å². The highest BCUT2D eigenvalue weighted by molar-refractivity contribution is 5.81. The molecule has 2 rings (SSSR count). The summed E-state index contributed by atoms with van der Waals surface area (Å²) >= 11 is 0. The average Bonchev–Trinajstić information content (AvgIpc) is 2.61. The number of amides is 2. The Hall–Kier alpha value is -2.22. The Kier molecular flexibility index (Phi) is 7.12. The first-order valence-electron chi connectivity index (χ1n) is 8.81. The molecule has 0 unspecified atom stereocenters. The number of anilines is 1. The highest BCUT2D eigenvalue weighted by Gasteiger charge is 2.24. The van der Waals surface area contributed by atoms with E-state index in [0.717, 1.165) is 13.1 Å². The van der Waals surface area contributed by atoms with E-state index in [9.17, 15) is 9.59 Å². The summed E-state index contributed by atoms with van der Waals surface area (Å²) in [5, 5.41) is 2.86. The summed E-state index contributed by atoms with van der Waals surface area (Å²) in [6, 6.07) is 1.90. The Morgan fingerprint density at radius 2 is 1.80 bits per heavy atom. The predicted octanol–water partition coefficient (Wildman–Crippen LogP) is -0.0283. The Balaban J connectivity index is 1.80. The smallest absolute Gasteiger partial charge is 0.236 e. The molecular formula is C17H28N6O2. The number of hydrogen-bond donors (Lipinski definition) is 1. The van der Waals surface area contributed by atoms with Gasteiger partial charge in [0.25, 0.3) is 0 Å². The number of nitrogens with zero attached hydrogens (tertiary/aromatic N) is 5.